The Morgan fingerprint density at radius 2 is 2.14 bits per heavy atom. The number of nitrogens with two attached hydrogens (primary N) is 1. The van der Waals surface area contributed by atoms with Crippen LogP contribution in [0, 0.1) is 6.92 Å². The van der Waals surface area contributed by atoms with Crippen LogP contribution in [0.15, 0.2) is 12.1 Å². The van der Waals surface area contributed by atoms with Gasteiger partial charge in [0.05, 0.1) is 18.2 Å². The van der Waals surface area contributed by atoms with E-state index in [0.717, 1.165) is 38.4 Å². The molecule has 1 aromatic rings. The molecule has 0 atom stereocenters. The molecule has 21 heavy (non-hydrogen) atoms. The highest BCUT2D eigenvalue weighted by atomic mass is 35.5. The Morgan fingerprint density at radius 3 is 2.81 bits per heavy atom. The quantitative estimate of drug-likeness (QED) is 0.897. The van der Waals surface area contributed by atoms with Gasteiger partial charge in [0.15, 0.2) is 0 Å². The van der Waals surface area contributed by atoms with Crippen molar-refractivity contribution in [3.8, 4) is 11.5 Å². The Balaban J connectivity index is 1.94. The molecule has 0 unspecified atom stereocenters. The zero-order valence-electron chi connectivity index (χ0n) is 11.9. The van der Waals surface area contributed by atoms with Gasteiger partial charge in [0.25, 0.3) is 0 Å². The van der Waals surface area contributed by atoms with Crippen molar-refractivity contribution in [2.24, 2.45) is 5.73 Å². The van der Waals surface area contributed by atoms with Gasteiger partial charge in [-0.15, -0.1) is 0 Å². The standard InChI is InChI=1S/C14H19ClN2O4/c1-10-12(15)8-11(21-14(16)18)9-13(10)20-7-4-17-2-5-19-6-3-17/h8-9H,2-7H2,1H3,(H2,16,18). The Bertz CT molecular complexity index is 504. The van der Waals surface area contributed by atoms with Gasteiger partial charge in [-0.05, 0) is 6.92 Å². The van der Waals surface area contributed by atoms with Crippen LogP contribution in [-0.4, -0.2) is 50.4 Å². The van der Waals surface area contributed by atoms with E-state index in [2.05, 4.69) is 4.90 Å². The van der Waals surface area contributed by atoms with Crippen LogP contribution < -0.4 is 15.2 Å². The molecule has 2 rings (SSSR count). The summed E-state index contributed by atoms with van der Waals surface area (Å²) < 4.78 is 15.9. The van der Waals surface area contributed by atoms with Gasteiger partial charge in [-0.3, -0.25) is 4.90 Å². The second-order valence-corrected chi connectivity index (χ2v) is 5.16. The smallest absolute Gasteiger partial charge is 0.409 e. The molecule has 7 heteroatoms. The predicted octanol–water partition coefficient (Wildman–Crippen LogP) is 1.82. The second-order valence-electron chi connectivity index (χ2n) is 4.75. The van der Waals surface area contributed by atoms with Gasteiger partial charge in [-0.1, -0.05) is 11.6 Å². The van der Waals surface area contributed by atoms with Crippen molar-refractivity contribution < 1.29 is 19.0 Å². The summed E-state index contributed by atoms with van der Waals surface area (Å²) in [5, 5.41) is 0.468. The van der Waals surface area contributed by atoms with Crippen molar-refractivity contribution in [2.75, 3.05) is 39.5 Å². The highest BCUT2D eigenvalue weighted by Gasteiger charge is 2.12. The Hall–Kier alpha value is -1.50. The van der Waals surface area contributed by atoms with E-state index in [1.54, 1.807) is 6.07 Å². The third-order valence-corrected chi connectivity index (χ3v) is 3.65. The maximum Gasteiger partial charge on any atom is 0.409 e. The summed E-state index contributed by atoms with van der Waals surface area (Å²) in [6.45, 7) is 6.51. The summed E-state index contributed by atoms with van der Waals surface area (Å²) in [7, 11) is 0. The zero-order valence-corrected chi connectivity index (χ0v) is 12.7. The first kappa shape index (κ1) is 15.9. The lowest BCUT2D eigenvalue weighted by molar-refractivity contribution is 0.0322. The number of nitrogens with zero attached hydrogens (tertiary/aromatic N) is 1. The van der Waals surface area contributed by atoms with Crippen molar-refractivity contribution in [1.82, 2.24) is 4.90 Å². The number of benzene rings is 1. The summed E-state index contributed by atoms with van der Waals surface area (Å²) in [4.78, 5) is 13.1. The minimum atomic E-state index is -0.880. The van der Waals surface area contributed by atoms with Gasteiger partial charge >= 0.3 is 6.09 Å². The van der Waals surface area contributed by atoms with Gasteiger partial charge in [0, 0.05) is 37.3 Å². The average Bonchev–Trinajstić information content (AvgIpc) is 2.44. The van der Waals surface area contributed by atoms with Crippen molar-refractivity contribution in [2.45, 2.75) is 6.92 Å². The largest absolute Gasteiger partial charge is 0.492 e. The number of ether oxygens (including phenoxy) is 3. The van der Waals surface area contributed by atoms with Crippen LogP contribution in [0.1, 0.15) is 5.56 Å². The first-order valence-corrected chi connectivity index (χ1v) is 7.14. The molecule has 0 spiro atoms. The van der Waals surface area contributed by atoms with E-state index < -0.39 is 6.09 Å². The molecular formula is C14H19ClN2O4. The lowest BCUT2D eigenvalue weighted by Gasteiger charge is -2.26. The van der Waals surface area contributed by atoms with Gasteiger partial charge in [-0.25, -0.2) is 4.79 Å². The third-order valence-electron chi connectivity index (χ3n) is 3.26. The minimum absolute atomic E-state index is 0.277. The maximum absolute atomic E-state index is 10.8. The van der Waals surface area contributed by atoms with Crippen molar-refractivity contribution in [1.29, 1.82) is 0 Å². The van der Waals surface area contributed by atoms with E-state index in [-0.39, 0.29) is 5.75 Å². The number of carbonyl (C=O) groups excluding carboxylic acids is 1. The predicted molar refractivity (Wildman–Crippen MR) is 79.2 cm³/mol. The van der Waals surface area contributed by atoms with Crippen LogP contribution >= 0.6 is 11.6 Å². The Kier molecular flexibility index (Phi) is 5.67. The minimum Gasteiger partial charge on any atom is -0.492 e. The van der Waals surface area contributed by atoms with Gasteiger partial charge < -0.3 is 19.9 Å². The van der Waals surface area contributed by atoms with E-state index in [9.17, 15) is 4.79 Å². The zero-order chi connectivity index (χ0) is 15.2. The summed E-state index contributed by atoms with van der Waals surface area (Å²) >= 11 is 6.09. The third kappa shape index (κ3) is 4.77. The van der Waals surface area contributed by atoms with E-state index in [1.165, 1.54) is 6.07 Å². The highest BCUT2D eigenvalue weighted by molar-refractivity contribution is 6.31. The van der Waals surface area contributed by atoms with Gasteiger partial charge in [0.1, 0.15) is 18.1 Å². The van der Waals surface area contributed by atoms with E-state index in [1.807, 2.05) is 6.92 Å². The fraction of sp³-hybridized carbons (Fsp3) is 0.500. The number of carbonyl (C=O) groups is 1. The number of halogens is 1. The SMILES string of the molecule is Cc1c(Cl)cc(OC(N)=O)cc1OCCN1CCOCC1. The molecule has 1 heterocycles. The summed E-state index contributed by atoms with van der Waals surface area (Å²) in [6.07, 6.45) is -0.880. The monoisotopic (exact) mass is 314 g/mol. The van der Waals surface area contributed by atoms with Crippen molar-refractivity contribution in [3.63, 3.8) is 0 Å². The lowest BCUT2D eigenvalue weighted by Crippen LogP contribution is -2.38. The molecule has 1 amide bonds. The Morgan fingerprint density at radius 1 is 1.43 bits per heavy atom. The first-order chi connectivity index (χ1) is 10.1. The first-order valence-electron chi connectivity index (χ1n) is 6.76. The lowest BCUT2D eigenvalue weighted by atomic mass is 10.2. The Labute approximate surface area is 128 Å². The molecule has 0 aliphatic carbocycles. The molecule has 116 valence electrons. The molecule has 0 bridgehead atoms. The molecule has 0 aromatic heterocycles. The van der Waals surface area contributed by atoms with Crippen molar-refractivity contribution in [3.05, 3.63) is 22.7 Å². The number of primary amides is 1. The number of hydrogen-bond acceptors (Lipinski definition) is 5. The topological polar surface area (TPSA) is 74.0 Å². The normalized spacial score (nSPS) is 15.7. The van der Waals surface area contributed by atoms with E-state index in [0.29, 0.717) is 17.4 Å². The second kappa shape index (κ2) is 7.49. The number of rotatable bonds is 5. The molecule has 2 N–H and O–H groups in total. The van der Waals surface area contributed by atoms with Crippen LogP contribution in [-0.2, 0) is 4.74 Å². The van der Waals surface area contributed by atoms with Crippen molar-refractivity contribution >= 4 is 17.7 Å². The van der Waals surface area contributed by atoms with Crippen LogP contribution in [0.4, 0.5) is 4.79 Å². The molecule has 6 nitrogen and oxygen atoms in total. The molecule has 1 aliphatic heterocycles. The fourth-order valence-corrected chi connectivity index (χ4v) is 2.27. The van der Waals surface area contributed by atoms with Crippen LogP contribution in [0.3, 0.4) is 0 Å². The molecule has 1 saturated heterocycles. The van der Waals surface area contributed by atoms with Gasteiger partial charge in [0.2, 0.25) is 0 Å². The molecule has 1 fully saturated rings. The summed E-state index contributed by atoms with van der Waals surface area (Å²) in [5.74, 6) is 0.867. The molecule has 0 saturated carbocycles. The number of morpholine rings is 1. The molecular weight excluding hydrogens is 296 g/mol. The maximum atomic E-state index is 10.8. The van der Waals surface area contributed by atoms with Crippen LogP contribution in [0.5, 0.6) is 11.5 Å². The summed E-state index contributed by atoms with van der Waals surface area (Å²) in [6, 6.07) is 3.15. The summed E-state index contributed by atoms with van der Waals surface area (Å²) in [5.41, 5.74) is 5.80. The highest BCUT2D eigenvalue weighted by Crippen LogP contribution is 2.31. The molecule has 1 aliphatic rings. The number of amides is 1. The van der Waals surface area contributed by atoms with Crippen LogP contribution in [0.25, 0.3) is 0 Å². The average molecular weight is 315 g/mol. The number of hydrogen-bond donors (Lipinski definition) is 1. The van der Waals surface area contributed by atoms with Gasteiger partial charge in [-0.2, -0.15) is 0 Å². The fourth-order valence-electron chi connectivity index (χ4n) is 2.06. The molecule has 0 radical (unpaired) electrons. The van der Waals surface area contributed by atoms with E-state index >= 15 is 0 Å². The van der Waals surface area contributed by atoms with Crippen LogP contribution in [0.2, 0.25) is 5.02 Å². The molecule has 1 aromatic carbocycles. The van der Waals surface area contributed by atoms with E-state index in [4.69, 9.17) is 31.5 Å².